The van der Waals surface area contributed by atoms with Gasteiger partial charge >= 0.3 is 0 Å². The van der Waals surface area contributed by atoms with Crippen molar-refractivity contribution in [3.8, 4) is 0 Å². The number of aryl methyl sites for hydroxylation is 1. The van der Waals surface area contributed by atoms with Crippen molar-refractivity contribution in [2.75, 3.05) is 0 Å². The quantitative estimate of drug-likeness (QED) is 0.798. The van der Waals surface area contributed by atoms with Gasteiger partial charge in [0.05, 0.1) is 11.0 Å². The predicted molar refractivity (Wildman–Crippen MR) is 85.5 cm³/mol. The highest BCUT2D eigenvalue weighted by Gasteiger charge is 2.12. The van der Waals surface area contributed by atoms with Crippen LogP contribution in [-0.2, 0) is 13.5 Å². The van der Waals surface area contributed by atoms with Gasteiger partial charge in [-0.05, 0) is 29.8 Å². The summed E-state index contributed by atoms with van der Waals surface area (Å²) in [4.78, 5) is 4.67. The number of aromatic nitrogens is 2. The molecule has 0 bridgehead atoms. The second-order valence-corrected chi connectivity index (χ2v) is 5.85. The van der Waals surface area contributed by atoms with Gasteiger partial charge in [-0.2, -0.15) is 0 Å². The first-order chi connectivity index (χ1) is 9.65. The molecule has 3 aromatic rings. The maximum atomic E-state index is 6.30. The molecular formula is C16H16BrN3. The van der Waals surface area contributed by atoms with Gasteiger partial charge in [-0.3, -0.25) is 0 Å². The van der Waals surface area contributed by atoms with Gasteiger partial charge in [0, 0.05) is 24.0 Å². The minimum absolute atomic E-state index is 0.0430. The summed E-state index contributed by atoms with van der Waals surface area (Å²) in [6, 6.07) is 16.2. The maximum absolute atomic E-state index is 6.30. The third-order valence-corrected chi connectivity index (χ3v) is 4.11. The Balaban J connectivity index is 1.89. The number of fused-ring (bicyclic) bond motifs is 1. The van der Waals surface area contributed by atoms with Crippen LogP contribution in [0.5, 0.6) is 0 Å². The van der Waals surface area contributed by atoms with E-state index in [1.165, 1.54) is 0 Å². The van der Waals surface area contributed by atoms with E-state index < -0.39 is 0 Å². The zero-order valence-corrected chi connectivity index (χ0v) is 12.8. The molecule has 20 heavy (non-hydrogen) atoms. The molecule has 102 valence electrons. The Hall–Kier alpha value is -1.65. The molecule has 1 aromatic heterocycles. The molecule has 2 N–H and O–H groups in total. The Kier molecular flexibility index (Phi) is 3.59. The zero-order valence-electron chi connectivity index (χ0n) is 11.3. The molecule has 0 aliphatic carbocycles. The summed E-state index contributed by atoms with van der Waals surface area (Å²) in [6.07, 6.45) is 0.729. The number of hydrogen-bond acceptors (Lipinski definition) is 2. The normalized spacial score (nSPS) is 12.8. The molecule has 0 saturated carbocycles. The van der Waals surface area contributed by atoms with Crippen molar-refractivity contribution in [3.05, 3.63) is 64.4 Å². The Morgan fingerprint density at radius 3 is 2.55 bits per heavy atom. The number of nitrogens with zero attached hydrogens (tertiary/aromatic N) is 2. The summed E-state index contributed by atoms with van der Waals surface area (Å²) in [6.45, 7) is 0. The van der Waals surface area contributed by atoms with E-state index in [-0.39, 0.29) is 6.04 Å². The van der Waals surface area contributed by atoms with E-state index in [0.29, 0.717) is 0 Å². The fourth-order valence-corrected chi connectivity index (χ4v) is 2.67. The Morgan fingerprint density at radius 1 is 1.15 bits per heavy atom. The number of para-hydroxylation sites is 2. The van der Waals surface area contributed by atoms with Crippen LogP contribution in [0.4, 0.5) is 0 Å². The van der Waals surface area contributed by atoms with Gasteiger partial charge < -0.3 is 10.3 Å². The van der Waals surface area contributed by atoms with Crippen molar-refractivity contribution in [3.63, 3.8) is 0 Å². The second kappa shape index (κ2) is 5.38. The predicted octanol–water partition coefficient (Wildman–Crippen LogP) is 3.58. The number of rotatable bonds is 3. The topological polar surface area (TPSA) is 43.8 Å². The first kappa shape index (κ1) is 13.3. The fourth-order valence-electron chi connectivity index (χ4n) is 2.40. The number of benzene rings is 2. The van der Waals surface area contributed by atoms with Crippen LogP contribution in [-0.4, -0.2) is 9.55 Å². The van der Waals surface area contributed by atoms with Gasteiger partial charge in [-0.15, -0.1) is 0 Å². The molecule has 3 rings (SSSR count). The van der Waals surface area contributed by atoms with Crippen molar-refractivity contribution in [1.29, 1.82) is 0 Å². The van der Waals surface area contributed by atoms with Crippen LogP contribution in [0.1, 0.15) is 17.4 Å². The third-order valence-electron chi connectivity index (χ3n) is 3.58. The van der Waals surface area contributed by atoms with Gasteiger partial charge in [0.25, 0.3) is 0 Å². The average molecular weight is 330 g/mol. The lowest BCUT2D eigenvalue weighted by Crippen LogP contribution is -2.15. The molecule has 1 atom stereocenters. The van der Waals surface area contributed by atoms with Gasteiger partial charge in [-0.1, -0.05) is 40.2 Å². The van der Waals surface area contributed by atoms with Crippen molar-refractivity contribution in [2.45, 2.75) is 12.5 Å². The SMILES string of the molecule is Cn1c(CC(N)c2ccc(Br)cc2)nc2ccccc21. The highest BCUT2D eigenvalue weighted by Crippen LogP contribution is 2.21. The molecule has 0 radical (unpaired) electrons. The van der Waals surface area contributed by atoms with Crippen LogP contribution in [0.2, 0.25) is 0 Å². The molecule has 0 aliphatic heterocycles. The third kappa shape index (κ3) is 2.49. The van der Waals surface area contributed by atoms with Gasteiger partial charge in [0.1, 0.15) is 5.82 Å². The van der Waals surface area contributed by atoms with E-state index in [4.69, 9.17) is 5.73 Å². The van der Waals surface area contributed by atoms with E-state index in [2.05, 4.69) is 43.7 Å². The summed E-state index contributed by atoms with van der Waals surface area (Å²) in [5.74, 6) is 1.02. The second-order valence-electron chi connectivity index (χ2n) is 4.94. The smallest absolute Gasteiger partial charge is 0.111 e. The molecule has 0 spiro atoms. The molecule has 1 unspecified atom stereocenters. The standard InChI is InChI=1S/C16H16BrN3/c1-20-15-5-3-2-4-14(15)19-16(20)10-13(18)11-6-8-12(17)9-7-11/h2-9,13H,10,18H2,1H3. The largest absolute Gasteiger partial charge is 0.331 e. The lowest BCUT2D eigenvalue weighted by Gasteiger charge is -2.12. The van der Waals surface area contributed by atoms with Crippen LogP contribution >= 0.6 is 15.9 Å². The molecule has 0 aliphatic rings. The number of halogens is 1. The monoisotopic (exact) mass is 329 g/mol. The van der Waals surface area contributed by atoms with E-state index in [1.807, 2.05) is 37.4 Å². The van der Waals surface area contributed by atoms with Crippen molar-refractivity contribution < 1.29 is 0 Å². The molecule has 0 amide bonds. The lowest BCUT2D eigenvalue weighted by atomic mass is 10.0. The van der Waals surface area contributed by atoms with Crippen molar-refractivity contribution >= 4 is 27.0 Å². The van der Waals surface area contributed by atoms with Crippen LogP contribution in [0.3, 0.4) is 0 Å². The van der Waals surface area contributed by atoms with Gasteiger partial charge in [0.2, 0.25) is 0 Å². The van der Waals surface area contributed by atoms with E-state index >= 15 is 0 Å². The van der Waals surface area contributed by atoms with E-state index in [9.17, 15) is 0 Å². The summed E-state index contributed by atoms with van der Waals surface area (Å²) in [7, 11) is 2.04. The molecule has 0 saturated heterocycles. The van der Waals surface area contributed by atoms with Crippen molar-refractivity contribution in [1.82, 2.24) is 9.55 Å². The van der Waals surface area contributed by atoms with Gasteiger partial charge in [-0.25, -0.2) is 4.98 Å². The Labute approximate surface area is 126 Å². The molecule has 3 nitrogen and oxygen atoms in total. The minimum Gasteiger partial charge on any atom is -0.331 e. The molecule has 4 heteroatoms. The zero-order chi connectivity index (χ0) is 14.1. The Morgan fingerprint density at radius 2 is 1.85 bits per heavy atom. The number of nitrogens with two attached hydrogens (primary N) is 1. The van der Waals surface area contributed by atoms with Crippen LogP contribution < -0.4 is 5.73 Å². The summed E-state index contributed by atoms with van der Waals surface area (Å²) in [5.41, 5.74) is 9.59. The average Bonchev–Trinajstić information content (AvgIpc) is 2.77. The first-order valence-electron chi connectivity index (χ1n) is 6.56. The van der Waals surface area contributed by atoms with Crippen molar-refractivity contribution in [2.24, 2.45) is 12.8 Å². The molecule has 2 aromatic carbocycles. The van der Waals surface area contributed by atoms with E-state index in [0.717, 1.165) is 33.3 Å². The highest BCUT2D eigenvalue weighted by atomic mass is 79.9. The summed E-state index contributed by atoms with van der Waals surface area (Å²) < 4.78 is 3.19. The maximum Gasteiger partial charge on any atom is 0.111 e. The molecule has 0 fully saturated rings. The Bertz CT molecular complexity index is 731. The van der Waals surface area contributed by atoms with Crippen LogP contribution in [0.15, 0.2) is 53.0 Å². The highest BCUT2D eigenvalue weighted by molar-refractivity contribution is 9.10. The summed E-state index contributed by atoms with van der Waals surface area (Å²) in [5, 5.41) is 0. The van der Waals surface area contributed by atoms with Gasteiger partial charge in [0.15, 0.2) is 0 Å². The minimum atomic E-state index is -0.0430. The van der Waals surface area contributed by atoms with Crippen LogP contribution in [0.25, 0.3) is 11.0 Å². The molecule has 1 heterocycles. The first-order valence-corrected chi connectivity index (χ1v) is 7.36. The van der Waals surface area contributed by atoms with E-state index in [1.54, 1.807) is 0 Å². The number of hydrogen-bond donors (Lipinski definition) is 1. The molecular weight excluding hydrogens is 314 g/mol. The lowest BCUT2D eigenvalue weighted by molar-refractivity contribution is 0.665. The summed E-state index contributed by atoms with van der Waals surface area (Å²) >= 11 is 3.44. The fraction of sp³-hybridized carbons (Fsp3) is 0.188. The van der Waals surface area contributed by atoms with Crippen LogP contribution in [0, 0.1) is 0 Å². The number of imidazole rings is 1.